The van der Waals surface area contributed by atoms with Gasteiger partial charge in [-0.15, -0.1) is 0 Å². The van der Waals surface area contributed by atoms with Crippen molar-refractivity contribution in [2.24, 2.45) is 0 Å². The van der Waals surface area contributed by atoms with Crippen molar-refractivity contribution in [3.05, 3.63) is 30.6 Å². The number of hydrogen-bond donors (Lipinski definition) is 0. The molecular formula is C12H16N2O. The largest absolute Gasteiger partial charge is 0.385 e. The molecule has 1 aromatic heterocycles. The topological polar surface area (TPSA) is 27.1 Å². The first-order valence-corrected chi connectivity index (χ1v) is 5.30. The summed E-state index contributed by atoms with van der Waals surface area (Å²) in [6.07, 6.45) is 4.15. The van der Waals surface area contributed by atoms with E-state index in [0.29, 0.717) is 0 Å². The Morgan fingerprint density at radius 3 is 3.00 bits per heavy atom. The highest BCUT2D eigenvalue weighted by Crippen LogP contribution is 2.12. The Balaban J connectivity index is 2.02. The zero-order chi connectivity index (χ0) is 10.5. The predicted octanol–water partition coefficient (Wildman–Crippen LogP) is 2.46. The Kier molecular flexibility index (Phi) is 3.35. The summed E-state index contributed by atoms with van der Waals surface area (Å²) in [6, 6.07) is 8.22. The summed E-state index contributed by atoms with van der Waals surface area (Å²) in [5, 5.41) is 0. The highest BCUT2D eigenvalue weighted by atomic mass is 16.5. The van der Waals surface area contributed by atoms with E-state index in [9.17, 15) is 0 Å². The van der Waals surface area contributed by atoms with Gasteiger partial charge in [-0.05, 0) is 25.0 Å². The molecule has 0 radical (unpaired) electrons. The lowest BCUT2D eigenvalue weighted by Crippen LogP contribution is -1.98. The van der Waals surface area contributed by atoms with Crippen molar-refractivity contribution >= 4 is 11.0 Å². The molecule has 0 unspecified atom stereocenters. The van der Waals surface area contributed by atoms with Gasteiger partial charge in [0.15, 0.2) is 0 Å². The summed E-state index contributed by atoms with van der Waals surface area (Å²) in [5.74, 6) is 0. The van der Waals surface area contributed by atoms with Gasteiger partial charge < -0.3 is 9.30 Å². The molecule has 0 N–H and O–H groups in total. The second-order valence-electron chi connectivity index (χ2n) is 3.63. The van der Waals surface area contributed by atoms with Crippen LogP contribution in [0.15, 0.2) is 30.6 Å². The Bertz CT molecular complexity index is 422. The number of methoxy groups -OCH3 is 1. The van der Waals surface area contributed by atoms with Crippen molar-refractivity contribution in [3.8, 4) is 0 Å². The van der Waals surface area contributed by atoms with Crippen LogP contribution in [0.2, 0.25) is 0 Å². The van der Waals surface area contributed by atoms with Crippen molar-refractivity contribution in [2.75, 3.05) is 13.7 Å². The molecule has 0 amide bonds. The average molecular weight is 204 g/mol. The summed E-state index contributed by atoms with van der Waals surface area (Å²) >= 11 is 0. The highest BCUT2D eigenvalue weighted by molar-refractivity contribution is 5.74. The van der Waals surface area contributed by atoms with Gasteiger partial charge >= 0.3 is 0 Å². The van der Waals surface area contributed by atoms with Crippen molar-refractivity contribution in [1.29, 1.82) is 0 Å². The Morgan fingerprint density at radius 1 is 1.27 bits per heavy atom. The first-order valence-electron chi connectivity index (χ1n) is 5.30. The van der Waals surface area contributed by atoms with E-state index in [1.54, 1.807) is 7.11 Å². The molecule has 1 aromatic carbocycles. The standard InChI is InChI=1S/C12H16N2O/c1-15-9-5-4-8-14-10-13-11-6-2-3-7-12(11)14/h2-3,6-7,10H,4-5,8-9H2,1H3. The van der Waals surface area contributed by atoms with Crippen molar-refractivity contribution < 1.29 is 4.74 Å². The van der Waals surface area contributed by atoms with Crippen molar-refractivity contribution in [2.45, 2.75) is 19.4 Å². The van der Waals surface area contributed by atoms with E-state index in [4.69, 9.17) is 4.74 Å². The first-order chi connectivity index (χ1) is 7.42. The molecule has 2 rings (SSSR count). The fourth-order valence-corrected chi connectivity index (χ4v) is 1.72. The zero-order valence-corrected chi connectivity index (χ0v) is 9.02. The van der Waals surface area contributed by atoms with Crippen LogP contribution < -0.4 is 0 Å². The van der Waals surface area contributed by atoms with Gasteiger partial charge in [0.25, 0.3) is 0 Å². The van der Waals surface area contributed by atoms with Gasteiger partial charge in [-0.25, -0.2) is 4.98 Å². The lowest BCUT2D eigenvalue weighted by atomic mass is 10.3. The summed E-state index contributed by atoms with van der Waals surface area (Å²) in [6.45, 7) is 1.86. The maximum absolute atomic E-state index is 5.02. The Morgan fingerprint density at radius 2 is 2.13 bits per heavy atom. The molecule has 1 heterocycles. The minimum atomic E-state index is 0.840. The molecule has 0 aliphatic heterocycles. The first kappa shape index (κ1) is 10.2. The third kappa shape index (κ3) is 2.36. The molecule has 15 heavy (non-hydrogen) atoms. The second-order valence-corrected chi connectivity index (χ2v) is 3.63. The van der Waals surface area contributed by atoms with Crippen LogP contribution in [-0.4, -0.2) is 23.3 Å². The minimum absolute atomic E-state index is 0.840. The number of ether oxygens (including phenoxy) is 1. The van der Waals surface area contributed by atoms with Crippen molar-refractivity contribution in [3.63, 3.8) is 0 Å². The lowest BCUT2D eigenvalue weighted by Gasteiger charge is -2.03. The summed E-state index contributed by atoms with van der Waals surface area (Å²) in [7, 11) is 1.74. The highest BCUT2D eigenvalue weighted by Gasteiger charge is 1.99. The number of unbranched alkanes of at least 4 members (excludes halogenated alkanes) is 1. The molecule has 0 aliphatic rings. The average Bonchev–Trinajstić information content (AvgIpc) is 2.68. The van der Waals surface area contributed by atoms with Gasteiger partial charge in [0.1, 0.15) is 0 Å². The summed E-state index contributed by atoms with van der Waals surface area (Å²) in [4.78, 5) is 4.35. The quantitative estimate of drug-likeness (QED) is 0.699. The van der Waals surface area contributed by atoms with Crippen LogP contribution in [-0.2, 0) is 11.3 Å². The monoisotopic (exact) mass is 204 g/mol. The van der Waals surface area contributed by atoms with Gasteiger partial charge in [0, 0.05) is 20.3 Å². The number of imidazole rings is 1. The Labute approximate surface area is 89.7 Å². The number of benzene rings is 1. The third-order valence-corrected chi connectivity index (χ3v) is 2.52. The number of para-hydroxylation sites is 2. The fraction of sp³-hybridized carbons (Fsp3) is 0.417. The molecule has 3 nitrogen and oxygen atoms in total. The number of fused-ring (bicyclic) bond motifs is 1. The number of nitrogens with zero attached hydrogens (tertiary/aromatic N) is 2. The SMILES string of the molecule is COCCCCn1cnc2ccccc21. The van der Waals surface area contributed by atoms with E-state index >= 15 is 0 Å². The number of aryl methyl sites for hydroxylation is 1. The van der Waals surface area contributed by atoms with Crippen molar-refractivity contribution in [1.82, 2.24) is 9.55 Å². The van der Waals surface area contributed by atoms with E-state index in [-0.39, 0.29) is 0 Å². The fourth-order valence-electron chi connectivity index (χ4n) is 1.72. The number of aromatic nitrogens is 2. The molecule has 80 valence electrons. The van der Waals surface area contributed by atoms with E-state index in [2.05, 4.69) is 21.7 Å². The second kappa shape index (κ2) is 4.94. The van der Waals surface area contributed by atoms with Gasteiger partial charge in [0.2, 0.25) is 0 Å². The van der Waals surface area contributed by atoms with Crippen LogP contribution in [0.1, 0.15) is 12.8 Å². The summed E-state index contributed by atoms with van der Waals surface area (Å²) in [5.41, 5.74) is 2.29. The zero-order valence-electron chi connectivity index (χ0n) is 9.02. The van der Waals surface area contributed by atoms with E-state index in [0.717, 1.165) is 31.5 Å². The minimum Gasteiger partial charge on any atom is -0.385 e. The molecule has 0 atom stereocenters. The maximum atomic E-state index is 5.02. The predicted molar refractivity (Wildman–Crippen MR) is 60.8 cm³/mol. The van der Waals surface area contributed by atoms with Gasteiger partial charge in [-0.3, -0.25) is 0 Å². The molecule has 0 bridgehead atoms. The molecule has 0 saturated heterocycles. The summed E-state index contributed by atoms with van der Waals surface area (Å²) < 4.78 is 7.22. The third-order valence-electron chi connectivity index (χ3n) is 2.52. The van der Waals surface area contributed by atoms with Crippen LogP contribution in [0.25, 0.3) is 11.0 Å². The Hall–Kier alpha value is -1.35. The van der Waals surface area contributed by atoms with Crippen LogP contribution in [0.3, 0.4) is 0 Å². The molecule has 3 heteroatoms. The molecule has 0 spiro atoms. The molecule has 0 aliphatic carbocycles. The van der Waals surface area contributed by atoms with Crippen LogP contribution in [0.5, 0.6) is 0 Å². The van der Waals surface area contributed by atoms with Gasteiger partial charge in [0.05, 0.1) is 17.4 Å². The van der Waals surface area contributed by atoms with E-state index < -0.39 is 0 Å². The van der Waals surface area contributed by atoms with Gasteiger partial charge in [-0.1, -0.05) is 12.1 Å². The molecule has 0 fully saturated rings. The van der Waals surface area contributed by atoms with Gasteiger partial charge in [-0.2, -0.15) is 0 Å². The van der Waals surface area contributed by atoms with Crippen LogP contribution in [0.4, 0.5) is 0 Å². The normalized spacial score (nSPS) is 11.0. The smallest absolute Gasteiger partial charge is 0.0958 e. The molecular weight excluding hydrogens is 188 g/mol. The molecule has 0 saturated carbocycles. The molecule has 2 aromatic rings. The lowest BCUT2D eigenvalue weighted by molar-refractivity contribution is 0.191. The van der Waals surface area contributed by atoms with E-state index in [1.807, 2.05) is 18.5 Å². The van der Waals surface area contributed by atoms with E-state index in [1.165, 1.54) is 5.52 Å². The maximum Gasteiger partial charge on any atom is 0.0958 e. The number of hydrogen-bond acceptors (Lipinski definition) is 2. The van der Waals surface area contributed by atoms with Crippen LogP contribution in [0, 0.1) is 0 Å². The van der Waals surface area contributed by atoms with Crippen LogP contribution >= 0.6 is 0 Å². The number of rotatable bonds is 5.